The van der Waals surface area contributed by atoms with E-state index in [0.717, 1.165) is 33.4 Å². The molecule has 8 heteroatoms. The van der Waals surface area contributed by atoms with Crippen molar-refractivity contribution in [3.63, 3.8) is 0 Å². The summed E-state index contributed by atoms with van der Waals surface area (Å²) >= 11 is 7.10. The summed E-state index contributed by atoms with van der Waals surface area (Å²) in [6, 6.07) is 36.2. The maximum Gasteiger partial charge on any atom is 0.226 e. The molecule has 0 spiro atoms. The van der Waals surface area contributed by atoms with Gasteiger partial charge in [0, 0.05) is 60.7 Å². The molecule has 2 N–H and O–H groups in total. The molecule has 0 bridgehead atoms. The Bertz CT molecular complexity index is 1560. The molecular formula is C38H38Br2O6. The number of halogens is 2. The fourth-order valence-corrected chi connectivity index (χ4v) is 9.63. The summed E-state index contributed by atoms with van der Waals surface area (Å²) in [6.07, 6.45) is 0.742. The fraction of sp³-hybridized carbons (Fsp3) is 0.368. The lowest BCUT2D eigenvalue weighted by molar-refractivity contribution is -0.278. The van der Waals surface area contributed by atoms with Gasteiger partial charge in [-0.3, -0.25) is 0 Å². The van der Waals surface area contributed by atoms with E-state index in [1.54, 1.807) is 14.2 Å². The zero-order chi connectivity index (χ0) is 32.2. The van der Waals surface area contributed by atoms with E-state index in [1.165, 1.54) is 0 Å². The van der Waals surface area contributed by atoms with Gasteiger partial charge < -0.3 is 29.2 Å². The van der Waals surface area contributed by atoms with Crippen molar-refractivity contribution in [2.24, 2.45) is 0 Å². The van der Waals surface area contributed by atoms with Crippen molar-refractivity contribution in [1.29, 1.82) is 0 Å². The highest BCUT2D eigenvalue weighted by atomic mass is 79.9. The fourth-order valence-electron chi connectivity index (χ4n) is 8.62. The van der Waals surface area contributed by atoms with Gasteiger partial charge in [0.1, 0.15) is 11.2 Å². The molecule has 0 aromatic heterocycles. The summed E-state index contributed by atoms with van der Waals surface area (Å²) in [5.41, 5.74) is 3.97. The normalized spacial score (nSPS) is 35.1. The lowest BCUT2D eigenvalue weighted by Crippen LogP contribution is -2.49. The second-order valence-corrected chi connectivity index (χ2v) is 13.9. The Morgan fingerprint density at radius 3 is 1.28 bits per heavy atom. The van der Waals surface area contributed by atoms with Crippen molar-refractivity contribution < 1.29 is 29.2 Å². The van der Waals surface area contributed by atoms with Gasteiger partial charge in [-0.1, -0.05) is 141 Å². The molecule has 2 heterocycles. The summed E-state index contributed by atoms with van der Waals surface area (Å²) in [5.74, 6) is -2.53. The van der Waals surface area contributed by atoms with E-state index in [2.05, 4.69) is 56.1 Å². The number of aliphatic hydroxyl groups is 2. The second kappa shape index (κ2) is 12.2. The molecule has 240 valence electrons. The molecule has 2 aliphatic carbocycles. The van der Waals surface area contributed by atoms with Crippen LogP contribution in [0.5, 0.6) is 0 Å². The van der Waals surface area contributed by atoms with E-state index in [1.807, 2.05) is 84.9 Å². The Labute approximate surface area is 286 Å². The number of fused-ring (bicyclic) bond motifs is 6. The van der Waals surface area contributed by atoms with Gasteiger partial charge in [-0.2, -0.15) is 0 Å². The number of rotatable bonds is 6. The third kappa shape index (κ3) is 4.49. The van der Waals surface area contributed by atoms with Crippen LogP contribution in [0.1, 0.15) is 45.2 Å². The first-order valence-electron chi connectivity index (χ1n) is 15.6. The van der Waals surface area contributed by atoms with E-state index in [0.29, 0.717) is 23.5 Å². The van der Waals surface area contributed by atoms with Crippen LogP contribution in [-0.2, 0) is 43.4 Å². The van der Waals surface area contributed by atoms with Gasteiger partial charge in [0.2, 0.25) is 11.6 Å². The first-order valence-corrected chi connectivity index (χ1v) is 17.9. The maximum absolute atomic E-state index is 11.7. The SMILES string of the molecule is CO[C@@]12O[C@H](CBr)[C@H](c3ccccc3)[C@]1(O)Cc1ccccc12.CO[C@@]12O[C@H](CBr)[C@H](c3ccccc3)[C@]1(O)Cc1ccccc12. The topological polar surface area (TPSA) is 77.4 Å². The Balaban J connectivity index is 0.000000147. The molecule has 8 rings (SSSR count). The maximum atomic E-state index is 11.7. The van der Waals surface area contributed by atoms with Gasteiger partial charge in [0.05, 0.1) is 12.2 Å². The molecule has 8 atom stereocenters. The molecule has 0 radical (unpaired) electrons. The minimum atomic E-state index is -1.12. The quantitative estimate of drug-likeness (QED) is 0.214. The molecule has 4 aromatic rings. The third-order valence-electron chi connectivity index (χ3n) is 10.4. The van der Waals surface area contributed by atoms with Crippen molar-refractivity contribution in [2.45, 2.75) is 59.7 Å². The van der Waals surface area contributed by atoms with Gasteiger partial charge in [-0.15, -0.1) is 0 Å². The first kappa shape index (κ1) is 32.2. The van der Waals surface area contributed by atoms with E-state index in [-0.39, 0.29) is 24.0 Å². The molecule has 2 aliphatic heterocycles. The second-order valence-electron chi connectivity index (χ2n) is 12.6. The molecule has 0 unspecified atom stereocenters. The summed E-state index contributed by atoms with van der Waals surface area (Å²) < 4.78 is 24.4. The number of benzene rings is 4. The van der Waals surface area contributed by atoms with Gasteiger partial charge in [0.25, 0.3) is 0 Å². The number of hydrogen-bond acceptors (Lipinski definition) is 6. The van der Waals surface area contributed by atoms with Crippen LogP contribution < -0.4 is 0 Å². The van der Waals surface area contributed by atoms with Crippen LogP contribution in [0.3, 0.4) is 0 Å². The van der Waals surface area contributed by atoms with Crippen LogP contribution in [0.15, 0.2) is 109 Å². The average molecular weight is 751 g/mol. The zero-order valence-electron chi connectivity index (χ0n) is 25.8. The summed E-state index contributed by atoms with van der Waals surface area (Å²) in [5, 5.41) is 24.8. The largest absolute Gasteiger partial charge is 0.383 e. The summed E-state index contributed by atoms with van der Waals surface area (Å²) in [4.78, 5) is 0. The Hall–Kier alpha value is -2.40. The summed E-state index contributed by atoms with van der Waals surface area (Å²) in [6.45, 7) is 0. The van der Waals surface area contributed by atoms with E-state index in [4.69, 9.17) is 18.9 Å². The number of alkyl halides is 2. The van der Waals surface area contributed by atoms with Crippen molar-refractivity contribution in [3.05, 3.63) is 143 Å². The molecule has 0 amide bonds. The lowest BCUT2D eigenvalue weighted by atomic mass is 9.77. The van der Waals surface area contributed by atoms with Crippen molar-refractivity contribution in [2.75, 3.05) is 24.9 Å². The monoisotopic (exact) mass is 748 g/mol. The van der Waals surface area contributed by atoms with Crippen LogP contribution in [0.2, 0.25) is 0 Å². The first-order chi connectivity index (χ1) is 22.3. The lowest BCUT2D eigenvalue weighted by Gasteiger charge is -2.36. The van der Waals surface area contributed by atoms with Crippen molar-refractivity contribution in [3.8, 4) is 0 Å². The van der Waals surface area contributed by atoms with Gasteiger partial charge >= 0.3 is 0 Å². The van der Waals surface area contributed by atoms with Gasteiger partial charge in [0.15, 0.2) is 0 Å². The zero-order valence-corrected chi connectivity index (χ0v) is 29.0. The minimum Gasteiger partial charge on any atom is -0.383 e. The Morgan fingerprint density at radius 2 is 0.935 bits per heavy atom. The molecule has 6 nitrogen and oxygen atoms in total. The standard InChI is InChI=1S/2C19H19BrO3/c2*1-22-19-15-10-6-5-9-14(15)11-18(19,21)17(16(12-20)23-19)13-7-3-2-4-8-13/h2*2-10,16-17,21H,11-12H2,1H3/t2*16-,17+,18-,19+/m11/s1. The molecule has 4 aromatic carbocycles. The predicted octanol–water partition coefficient (Wildman–Crippen LogP) is 6.70. The third-order valence-corrected chi connectivity index (χ3v) is 11.7. The highest BCUT2D eigenvalue weighted by Gasteiger charge is 2.71. The van der Waals surface area contributed by atoms with Crippen molar-refractivity contribution >= 4 is 31.9 Å². The number of hydrogen-bond donors (Lipinski definition) is 2. The predicted molar refractivity (Wildman–Crippen MR) is 183 cm³/mol. The minimum absolute atomic E-state index is 0.157. The van der Waals surface area contributed by atoms with Crippen LogP contribution in [0.25, 0.3) is 0 Å². The highest BCUT2D eigenvalue weighted by Crippen LogP contribution is 2.62. The van der Waals surface area contributed by atoms with Crippen LogP contribution >= 0.6 is 31.9 Å². The molecule has 46 heavy (non-hydrogen) atoms. The van der Waals surface area contributed by atoms with Crippen molar-refractivity contribution in [1.82, 2.24) is 0 Å². The van der Waals surface area contributed by atoms with Gasteiger partial charge in [-0.25, -0.2) is 0 Å². The molecule has 0 saturated carbocycles. The van der Waals surface area contributed by atoms with Crippen LogP contribution in [0, 0.1) is 0 Å². The van der Waals surface area contributed by atoms with E-state index < -0.39 is 22.8 Å². The van der Waals surface area contributed by atoms with Gasteiger partial charge in [-0.05, 0) is 22.3 Å². The average Bonchev–Trinajstić information content (AvgIpc) is 3.69. The van der Waals surface area contributed by atoms with E-state index >= 15 is 0 Å². The number of methoxy groups -OCH3 is 2. The molecular weight excluding hydrogens is 712 g/mol. The number of ether oxygens (including phenoxy) is 4. The Kier molecular flexibility index (Phi) is 8.56. The summed E-state index contributed by atoms with van der Waals surface area (Å²) in [7, 11) is 3.23. The van der Waals surface area contributed by atoms with E-state index in [9.17, 15) is 10.2 Å². The van der Waals surface area contributed by atoms with Crippen LogP contribution in [-0.4, -0.2) is 58.5 Å². The smallest absolute Gasteiger partial charge is 0.226 e. The molecule has 2 saturated heterocycles. The van der Waals surface area contributed by atoms with Crippen LogP contribution in [0.4, 0.5) is 0 Å². The molecule has 2 fully saturated rings. The highest BCUT2D eigenvalue weighted by molar-refractivity contribution is 9.09. The Morgan fingerprint density at radius 1 is 0.587 bits per heavy atom. The molecule has 4 aliphatic rings.